The summed E-state index contributed by atoms with van der Waals surface area (Å²) in [6.45, 7) is 19.2. The van der Waals surface area contributed by atoms with Gasteiger partial charge in [0.15, 0.2) is 0 Å². The molecule has 8 heteroatoms. The van der Waals surface area contributed by atoms with E-state index in [0.29, 0.717) is 39.6 Å². The first kappa shape index (κ1) is 28.5. The minimum absolute atomic E-state index is 0.219. The summed E-state index contributed by atoms with van der Waals surface area (Å²) in [7, 11) is 2.93. The predicted molar refractivity (Wildman–Crippen MR) is 119 cm³/mol. The average Bonchev–Trinajstić information content (AvgIpc) is 2.68. The predicted octanol–water partition coefficient (Wildman–Crippen LogP) is 5.45. The highest BCUT2D eigenvalue weighted by molar-refractivity contribution is 8.77. The lowest BCUT2D eigenvalue weighted by molar-refractivity contribution is -0.231. The molecule has 0 fully saturated rings. The smallest absolute Gasteiger partial charge is 0.255 e. The van der Waals surface area contributed by atoms with E-state index < -0.39 is 10.2 Å². The normalized spacial score (nSPS) is 15.0. The highest BCUT2D eigenvalue weighted by atomic mass is 33.1. The summed E-state index contributed by atoms with van der Waals surface area (Å²) < 4.78 is 36.5. The number of ether oxygens (including phenoxy) is 6. The summed E-state index contributed by atoms with van der Waals surface area (Å²) in [5.74, 6) is 0. The Hall–Kier alpha value is 0.460. The lowest BCUT2D eigenvalue weighted by Gasteiger charge is -2.42. The first-order valence-electron chi connectivity index (χ1n) is 10.6. The topological polar surface area (TPSA) is 55.4 Å². The van der Waals surface area contributed by atoms with Crippen molar-refractivity contribution in [3.8, 4) is 0 Å². The van der Waals surface area contributed by atoms with Crippen LogP contribution in [-0.4, -0.2) is 62.1 Å². The van der Waals surface area contributed by atoms with Crippen LogP contribution in [0.5, 0.6) is 0 Å². The van der Waals surface area contributed by atoms with Crippen LogP contribution in [-0.2, 0) is 28.4 Å². The zero-order chi connectivity index (χ0) is 21.5. The van der Waals surface area contributed by atoms with E-state index in [-0.39, 0.29) is 12.2 Å². The molecule has 2 unspecified atom stereocenters. The molecule has 0 aliphatic heterocycles. The number of hydrogen-bond acceptors (Lipinski definition) is 8. The van der Waals surface area contributed by atoms with Crippen LogP contribution >= 0.6 is 21.6 Å². The molecule has 0 heterocycles. The largest absolute Gasteiger partial charge is 0.372 e. The molecule has 0 aromatic rings. The third kappa shape index (κ3) is 8.30. The molecule has 0 rings (SSSR count). The Bertz CT molecular complexity index is 327. The van der Waals surface area contributed by atoms with Gasteiger partial charge in [0.25, 0.3) is 10.2 Å². The van der Waals surface area contributed by atoms with E-state index in [1.54, 1.807) is 0 Å². The van der Waals surface area contributed by atoms with Gasteiger partial charge in [-0.1, -0.05) is 13.8 Å². The van der Waals surface area contributed by atoms with Crippen LogP contribution < -0.4 is 0 Å². The van der Waals surface area contributed by atoms with Crippen molar-refractivity contribution < 1.29 is 28.4 Å². The fraction of sp³-hybridized carbons (Fsp3) is 1.00. The highest BCUT2D eigenvalue weighted by Gasteiger charge is 2.49. The Kier molecular flexibility index (Phi) is 16.5. The third-order valence-electron chi connectivity index (χ3n) is 3.92. The van der Waals surface area contributed by atoms with Gasteiger partial charge in [0.2, 0.25) is 0 Å². The van der Waals surface area contributed by atoms with E-state index in [4.69, 9.17) is 28.4 Å². The van der Waals surface area contributed by atoms with Gasteiger partial charge in [0, 0.05) is 39.6 Å². The van der Waals surface area contributed by atoms with Crippen molar-refractivity contribution in [3.05, 3.63) is 0 Å². The van der Waals surface area contributed by atoms with Gasteiger partial charge in [-0.3, -0.25) is 0 Å². The molecule has 0 spiro atoms. The molecule has 28 heavy (non-hydrogen) atoms. The fourth-order valence-corrected chi connectivity index (χ4v) is 6.42. The van der Waals surface area contributed by atoms with Crippen molar-refractivity contribution in [2.75, 3.05) is 39.6 Å². The molecule has 0 radical (unpaired) electrons. The van der Waals surface area contributed by atoms with Crippen LogP contribution in [0.15, 0.2) is 0 Å². The van der Waals surface area contributed by atoms with Crippen molar-refractivity contribution in [3.63, 3.8) is 0 Å². The van der Waals surface area contributed by atoms with Crippen LogP contribution in [0.4, 0.5) is 0 Å². The van der Waals surface area contributed by atoms with Gasteiger partial charge in [0.1, 0.15) is 12.2 Å². The third-order valence-corrected chi connectivity index (χ3v) is 7.11. The minimum Gasteiger partial charge on any atom is -0.372 e. The summed E-state index contributed by atoms with van der Waals surface area (Å²) in [5, 5.41) is -1.91. The van der Waals surface area contributed by atoms with Gasteiger partial charge in [-0.2, -0.15) is 0 Å². The molecule has 0 amide bonds. The van der Waals surface area contributed by atoms with Gasteiger partial charge in [-0.25, -0.2) is 0 Å². The van der Waals surface area contributed by atoms with Crippen molar-refractivity contribution in [1.29, 1.82) is 0 Å². The van der Waals surface area contributed by atoms with Gasteiger partial charge >= 0.3 is 0 Å². The Morgan fingerprint density at radius 3 is 0.964 bits per heavy atom. The summed E-state index contributed by atoms with van der Waals surface area (Å²) in [6, 6.07) is 0. The van der Waals surface area contributed by atoms with E-state index in [0.717, 1.165) is 12.8 Å². The summed E-state index contributed by atoms with van der Waals surface area (Å²) in [4.78, 5) is 0. The highest BCUT2D eigenvalue weighted by Crippen LogP contribution is 2.51. The second-order valence-corrected chi connectivity index (χ2v) is 8.28. The molecule has 0 aromatic heterocycles. The van der Waals surface area contributed by atoms with Crippen LogP contribution in [0.3, 0.4) is 0 Å². The van der Waals surface area contributed by atoms with Gasteiger partial charge < -0.3 is 28.4 Å². The lowest BCUT2D eigenvalue weighted by atomic mass is 10.2. The molecule has 0 aliphatic carbocycles. The first-order valence-corrected chi connectivity index (χ1v) is 12.8. The Balaban J connectivity index is 5.85. The Morgan fingerprint density at radius 2 is 0.786 bits per heavy atom. The molecule has 0 bridgehead atoms. The first-order chi connectivity index (χ1) is 13.5. The quantitative estimate of drug-likeness (QED) is 0.193. The van der Waals surface area contributed by atoms with E-state index >= 15 is 0 Å². The zero-order valence-electron chi connectivity index (χ0n) is 19.1. The van der Waals surface area contributed by atoms with Crippen LogP contribution in [0, 0.1) is 0 Å². The van der Waals surface area contributed by atoms with Crippen molar-refractivity contribution >= 4 is 21.6 Å². The van der Waals surface area contributed by atoms with Crippen LogP contribution in [0.25, 0.3) is 0 Å². The van der Waals surface area contributed by atoms with Gasteiger partial charge in [-0.15, -0.1) is 0 Å². The zero-order valence-corrected chi connectivity index (χ0v) is 20.7. The molecule has 0 aromatic carbocycles. The second kappa shape index (κ2) is 16.2. The van der Waals surface area contributed by atoms with Gasteiger partial charge in [0.05, 0.1) is 0 Å². The second-order valence-electron chi connectivity index (χ2n) is 5.81. The molecular weight excluding hydrogens is 400 g/mol. The van der Waals surface area contributed by atoms with Crippen molar-refractivity contribution in [2.45, 2.75) is 90.7 Å². The Labute approximate surface area is 180 Å². The van der Waals surface area contributed by atoms with E-state index in [1.807, 2.05) is 41.5 Å². The standard InChI is InChI=1S/C20H42O6S2/c1-9-17(21-11-3)19(23-13-5,24-14-6)27-28-20(25-15-7,26-16-8)18(10-2)22-12-4/h17-18H,9-16H2,1-8H3. The summed E-state index contributed by atoms with van der Waals surface area (Å²) >= 11 is 0. The molecule has 0 N–H and O–H groups in total. The van der Waals surface area contributed by atoms with E-state index in [1.165, 1.54) is 21.6 Å². The Morgan fingerprint density at radius 1 is 0.500 bits per heavy atom. The van der Waals surface area contributed by atoms with E-state index in [2.05, 4.69) is 13.8 Å². The van der Waals surface area contributed by atoms with Crippen molar-refractivity contribution in [1.82, 2.24) is 0 Å². The van der Waals surface area contributed by atoms with Gasteiger partial charge in [-0.05, 0) is 76.0 Å². The average molecular weight is 443 g/mol. The van der Waals surface area contributed by atoms with Crippen LogP contribution in [0.1, 0.15) is 68.2 Å². The summed E-state index contributed by atoms with van der Waals surface area (Å²) in [6.07, 6.45) is 1.09. The SMILES string of the molecule is CCOC(CC)C(OCC)(OCC)SSC(OCC)(OCC)C(CC)OCC. The molecule has 0 aliphatic rings. The number of hydrogen-bond donors (Lipinski definition) is 0. The maximum Gasteiger partial charge on any atom is 0.255 e. The summed E-state index contributed by atoms with van der Waals surface area (Å²) in [5.41, 5.74) is 0. The maximum atomic E-state index is 6.14. The van der Waals surface area contributed by atoms with E-state index in [9.17, 15) is 0 Å². The minimum atomic E-state index is -0.955. The fourth-order valence-electron chi connectivity index (χ4n) is 2.92. The molecule has 0 saturated carbocycles. The number of rotatable bonds is 19. The molecular formula is C20H42O6S2. The van der Waals surface area contributed by atoms with Crippen LogP contribution in [0.2, 0.25) is 0 Å². The molecule has 2 atom stereocenters. The molecule has 170 valence electrons. The lowest BCUT2D eigenvalue weighted by Crippen LogP contribution is -2.49. The maximum absolute atomic E-state index is 6.14. The monoisotopic (exact) mass is 442 g/mol. The molecule has 0 saturated heterocycles. The van der Waals surface area contributed by atoms with Crippen molar-refractivity contribution in [2.24, 2.45) is 0 Å². The molecule has 6 nitrogen and oxygen atoms in total.